The Bertz CT molecular complexity index is 1110. The molecule has 0 amide bonds. The molecule has 0 unspecified atom stereocenters. The summed E-state index contributed by atoms with van der Waals surface area (Å²) in [6.07, 6.45) is 0. The molecule has 4 heteroatoms. The Kier molecular flexibility index (Phi) is 4.62. The molecule has 0 radical (unpaired) electrons. The van der Waals surface area contributed by atoms with Gasteiger partial charge in [0.05, 0.1) is 5.52 Å². The molecule has 3 nitrogen and oxygen atoms in total. The van der Waals surface area contributed by atoms with Crippen LogP contribution >= 0.6 is 0 Å². The Morgan fingerprint density at radius 1 is 0.750 bits per heavy atom. The highest BCUT2D eigenvalue weighted by Gasteiger charge is 2.37. The van der Waals surface area contributed by atoms with Gasteiger partial charge in [-0.3, -0.25) is 0 Å². The van der Waals surface area contributed by atoms with Gasteiger partial charge < -0.3 is 0 Å². The van der Waals surface area contributed by atoms with E-state index < -0.39 is 13.6 Å². The predicted molar refractivity (Wildman–Crippen MR) is 118 cm³/mol. The molecule has 0 fully saturated rings. The molecule has 1 heterocycles. The molecule has 3 aromatic carbocycles. The Labute approximate surface area is 167 Å². The van der Waals surface area contributed by atoms with E-state index in [9.17, 15) is 0 Å². The zero-order chi connectivity index (χ0) is 19.6. The summed E-state index contributed by atoms with van der Waals surface area (Å²) in [5.41, 5.74) is 6.89. The third kappa shape index (κ3) is 3.26. The van der Waals surface area contributed by atoms with Crippen molar-refractivity contribution >= 4 is 19.1 Å². The van der Waals surface area contributed by atoms with Gasteiger partial charge in [0.15, 0.2) is 5.54 Å². The lowest BCUT2D eigenvalue weighted by Gasteiger charge is -2.31. The summed E-state index contributed by atoms with van der Waals surface area (Å²) in [6.45, 7) is 6.79. The van der Waals surface area contributed by atoms with Crippen molar-refractivity contribution in [2.45, 2.75) is 25.2 Å². The van der Waals surface area contributed by atoms with Crippen LogP contribution in [0.4, 0.5) is 0 Å². The number of hydrogen-bond acceptors (Lipinski definition) is 2. The minimum Gasteiger partial charge on any atom is -0.217 e. The van der Waals surface area contributed by atoms with E-state index in [-0.39, 0.29) is 0 Å². The SMILES string of the molecule is C[Si](C)(C)C#CC(c1ccccc1)(c1ccccc1)n1nnc2ccccc21. The van der Waals surface area contributed by atoms with Gasteiger partial charge in [-0.05, 0) is 23.3 Å². The molecule has 138 valence electrons. The van der Waals surface area contributed by atoms with E-state index in [1.807, 2.05) is 35.0 Å². The molecular weight excluding hydrogens is 358 g/mol. The third-order valence-electron chi connectivity index (χ3n) is 4.67. The summed E-state index contributed by atoms with van der Waals surface area (Å²) in [7, 11) is -1.64. The van der Waals surface area contributed by atoms with E-state index in [1.54, 1.807) is 0 Å². The highest BCUT2D eigenvalue weighted by molar-refractivity contribution is 6.83. The van der Waals surface area contributed by atoms with E-state index >= 15 is 0 Å². The first-order valence-electron chi connectivity index (χ1n) is 9.47. The van der Waals surface area contributed by atoms with Crippen LogP contribution in [0.15, 0.2) is 84.9 Å². The molecule has 0 atom stereocenters. The summed E-state index contributed by atoms with van der Waals surface area (Å²) in [5, 5.41) is 9.04. The van der Waals surface area contributed by atoms with Gasteiger partial charge in [-0.2, -0.15) is 0 Å². The van der Waals surface area contributed by atoms with E-state index in [0.717, 1.165) is 22.2 Å². The van der Waals surface area contributed by atoms with E-state index in [4.69, 9.17) is 0 Å². The number of nitrogens with zero attached hydrogens (tertiary/aromatic N) is 3. The summed E-state index contributed by atoms with van der Waals surface area (Å²) in [6, 6.07) is 28.9. The smallest absolute Gasteiger partial charge is 0.174 e. The zero-order valence-electron chi connectivity index (χ0n) is 16.4. The van der Waals surface area contributed by atoms with Crippen molar-refractivity contribution in [1.29, 1.82) is 0 Å². The van der Waals surface area contributed by atoms with Crippen LogP contribution in [0.2, 0.25) is 19.6 Å². The number of rotatable bonds is 3. The highest BCUT2D eigenvalue weighted by Crippen LogP contribution is 2.35. The lowest BCUT2D eigenvalue weighted by molar-refractivity contribution is 0.493. The number of para-hydroxylation sites is 1. The highest BCUT2D eigenvalue weighted by atomic mass is 28.3. The second kappa shape index (κ2) is 7.10. The first kappa shape index (κ1) is 18.2. The van der Waals surface area contributed by atoms with Crippen molar-refractivity contribution in [2.75, 3.05) is 0 Å². The zero-order valence-corrected chi connectivity index (χ0v) is 17.4. The van der Waals surface area contributed by atoms with Crippen LogP contribution in [-0.2, 0) is 5.54 Å². The maximum Gasteiger partial charge on any atom is 0.174 e. The average Bonchev–Trinajstić information content (AvgIpc) is 3.14. The predicted octanol–water partition coefficient (Wildman–Crippen LogP) is 5.10. The molecule has 0 spiro atoms. The number of fused-ring (bicyclic) bond motifs is 1. The van der Waals surface area contributed by atoms with Crippen molar-refractivity contribution in [3.05, 3.63) is 96.1 Å². The Morgan fingerprint density at radius 3 is 1.86 bits per heavy atom. The summed E-state index contributed by atoms with van der Waals surface area (Å²) in [4.78, 5) is 0. The monoisotopic (exact) mass is 381 g/mol. The average molecular weight is 382 g/mol. The molecule has 0 bridgehead atoms. The number of hydrogen-bond donors (Lipinski definition) is 0. The molecule has 0 aliphatic rings. The number of aromatic nitrogens is 3. The van der Waals surface area contributed by atoms with Crippen LogP contribution in [0.25, 0.3) is 11.0 Å². The maximum absolute atomic E-state index is 4.60. The molecule has 4 aromatic rings. The number of benzene rings is 3. The molecule has 28 heavy (non-hydrogen) atoms. The van der Waals surface area contributed by atoms with Crippen molar-refractivity contribution in [2.24, 2.45) is 0 Å². The summed E-state index contributed by atoms with van der Waals surface area (Å²) in [5.74, 6) is 3.67. The molecular formula is C24H23N3Si. The van der Waals surface area contributed by atoms with Crippen LogP contribution < -0.4 is 0 Å². The largest absolute Gasteiger partial charge is 0.217 e. The van der Waals surface area contributed by atoms with Crippen molar-refractivity contribution in [3.8, 4) is 11.5 Å². The van der Waals surface area contributed by atoms with E-state index in [2.05, 4.69) is 96.0 Å². The quantitative estimate of drug-likeness (QED) is 0.365. The van der Waals surface area contributed by atoms with Crippen LogP contribution in [0.5, 0.6) is 0 Å². The second-order valence-electron chi connectivity index (χ2n) is 7.93. The fourth-order valence-corrected chi connectivity index (χ4v) is 3.92. The van der Waals surface area contributed by atoms with Crippen LogP contribution in [0.1, 0.15) is 11.1 Å². The van der Waals surface area contributed by atoms with Crippen LogP contribution in [0.3, 0.4) is 0 Å². The van der Waals surface area contributed by atoms with Gasteiger partial charge in [-0.15, -0.1) is 10.6 Å². The minimum atomic E-state index is -1.64. The first-order valence-corrected chi connectivity index (χ1v) is 13.0. The summed E-state index contributed by atoms with van der Waals surface area (Å²) < 4.78 is 1.99. The first-order chi connectivity index (χ1) is 13.5. The van der Waals surface area contributed by atoms with Gasteiger partial charge >= 0.3 is 0 Å². The molecule has 1 aromatic heterocycles. The standard InChI is InChI=1S/C24H23N3Si/c1-28(2,3)19-18-24(20-12-6-4-7-13-20,21-14-8-5-9-15-21)27-23-17-11-10-16-22(23)25-26-27/h4-17H,1-3H3. The Morgan fingerprint density at radius 2 is 1.29 bits per heavy atom. The molecule has 0 saturated heterocycles. The Hall–Kier alpha value is -3.16. The second-order valence-corrected chi connectivity index (χ2v) is 12.7. The lowest BCUT2D eigenvalue weighted by atomic mass is 9.83. The van der Waals surface area contributed by atoms with Gasteiger partial charge in [0.1, 0.15) is 13.6 Å². The molecule has 0 saturated carbocycles. The summed E-state index contributed by atoms with van der Waals surface area (Å²) >= 11 is 0. The van der Waals surface area contributed by atoms with E-state index in [0.29, 0.717) is 0 Å². The normalized spacial score (nSPS) is 11.8. The van der Waals surface area contributed by atoms with E-state index in [1.165, 1.54) is 0 Å². The van der Waals surface area contributed by atoms with Crippen molar-refractivity contribution in [1.82, 2.24) is 15.0 Å². The molecule has 0 N–H and O–H groups in total. The maximum atomic E-state index is 4.60. The lowest BCUT2D eigenvalue weighted by Crippen LogP contribution is -2.37. The fraction of sp³-hybridized carbons (Fsp3) is 0.167. The Balaban J connectivity index is 2.13. The molecule has 0 aliphatic heterocycles. The van der Waals surface area contributed by atoms with Gasteiger partial charge in [0.2, 0.25) is 0 Å². The minimum absolute atomic E-state index is 0.737. The van der Waals surface area contributed by atoms with Gasteiger partial charge in [-0.1, -0.05) is 104 Å². The molecule has 4 rings (SSSR count). The fourth-order valence-electron chi connectivity index (χ4n) is 3.36. The van der Waals surface area contributed by atoms with Crippen LogP contribution in [-0.4, -0.2) is 23.1 Å². The van der Waals surface area contributed by atoms with Gasteiger partial charge in [0, 0.05) is 0 Å². The van der Waals surface area contributed by atoms with Crippen LogP contribution in [0, 0.1) is 11.5 Å². The van der Waals surface area contributed by atoms with Crippen molar-refractivity contribution in [3.63, 3.8) is 0 Å². The van der Waals surface area contributed by atoms with Gasteiger partial charge in [-0.25, -0.2) is 4.68 Å². The topological polar surface area (TPSA) is 30.7 Å². The van der Waals surface area contributed by atoms with Crippen molar-refractivity contribution < 1.29 is 0 Å². The van der Waals surface area contributed by atoms with Gasteiger partial charge in [0.25, 0.3) is 0 Å². The third-order valence-corrected chi connectivity index (χ3v) is 5.55. The molecule has 0 aliphatic carbocycles.